The Kier molecular flexibility index (Phi) is 7.49. The summed E-state index contributed by atoms with van der Waals surface area (Å²) in [4.78, 5) is 21.6. The second kappa shape index (κ2) is 10.5. The number of hydrogen-bond donors (Lipinski definition) is 2. The van der Waals surface area contributed by atoms with Gasteiger partial charge < -0.3 is 19.7 Å². The van der Waals surface area contributed by atoms with E-state index in [-0.39, 0.29) is 23.0 Å². The molecule has 0 atom stereocenters. The van der Waals surface area contributed by atoms with Gasteiger partial charge in [0.2, 0.25) is 11.8 Å². The smallest absolute Gasteiger partial charge is 0.356 e. The van der Waals surface area contributed by atoms with Crippen LogP contribution in [0, 0.1) is 5.82 Å². The molecule has 0 fully saturated rings. The zero-order valence-corrected chi connectivity index (χ0v) is 18.6. The van der Waals surface area contributed by atoms with Crippen molar-refractivity contribution in [2.24, 2.45) is 0 Å². The fourth-order valence-corrected chi connectivity index (χ4v) is 3.04. The van der Waals surface area contributed by atoms with Gasteiger partial charge in [0.15, 0.2) is 11.4 Å². The van der Waals surface area contributed by atoms with Crippen LogP contribution in [0.3, 0.4) is 0 Å². The minimum absolute atomic E-state index is 0.0956. The van der Waals surface area contributed by atoms with Crippen molar-refractivity contribution in [1.29, 1.82) is 0 Å². The zero-order valence-electron chi connectivity index (χ0n) is 17.8. The molecular weight excluding hydrogens is 471 g/mol. The summed E-state index contributed by atoms with van der Waals surface area (Å²) in [7, 11) is 2.80. The zero-order chi connectivity index (χ0) is 24.8. The molecule has 2 heterocycles. The van der Waals surface area contributed by atoms with Crippen molar-refractivity contribution in [1.82, 2.24) is 19.6 Å². The van der Waals surface area contributed by atoms with Crippen LogP contribution < -0.4 is 9.47 Å². The van der Waals surface area contributed by atoms with Crippen molar-refractivity contribution in [3.8, 4) is 23.1 Å². The van der Waals surface area contributed by atoms with E-state index in [1.807, 2.05) is 0 Å². The van der Waals surface area contributed by atoms with E-state index in [1.54, 1.807) is 30.3 Å². The molecule has 0 spiro atoms. The van der Waals surface area contributed by atoms with Gasteiger partial charge in [0.05, 0.1) is 24.9 Å². The number of halogens is 2. The summed E-state index contributed by atoms with van der Waals surface area (Å²) in [6.45, 7) is 0. The van der Waals surface area contributed by atoms with E-state index in [2.05, 4.69) is 10.2 Å². The molecule has 176 valence electrons. The molecule has 0 saturated carbocycles. The average Bonchev–Trinajstić information content (AvgIpc) is 3.45. The van der Waals surface area contributed by atoms with Gasteiger partial charge in [-0.3, -0.25) is 0 Å². The maximum Gasteiger partial charge on any atom is 0.356 e. The van der Waals surface area contributed by atoms with Gasteiger partial charge in [-0.25, -0.2) is 14.0 Å². The van der Waals surface area contributed by atoms with Gasteiger partial charge in [0.25, 0.3) is 0 Å². The third kappa shape index (κ3) is 5.15. The number of aromatic carboxylic acids is 2. The second-order valence-electron chi connectivity index (χ2n) is 6.48. The highest BCUT2D eigenvalue weighted by Crippen LogP contribution is 2.25. The normalized spacial score (nSPS) is 10.2. The predicted octanol–water partition coefficient (Wildman–Crippen LogP) is 3.95. The number of rotatable bonds is 6. The third-order valence-electron chi connectivity index (χ3n) is 4.37. The summed E-state index contributed by atoms with van der Waals surface area (Å²) in [6.07, 6.45) is 0. The molecule has 0 radical (unpaired) electrons. The first-order valence-electron chi connectivity index (χ1n) is 9.51. The molecule has 2 N–H and O–H groups in total. The van der Waals surface area contributed by atoms with E-state index in [1.165, 1.54) is 49.2 Å². The van der Waals surface area contributed by atoms with Crippen molar-refractivity contribution < 1.29 is 33.7 Å². The van der Waals surface area contributed by atoms with Crippen molar-refractivity contribution in [3.05, 3.63) is 82.9 Å². The van der Waals surface area contributed by atoms with Crippen LogP contribution in [0.1, 0.15) is 21.0 Å². The van der Waals surface area contributed by atoms with Gasteiger partial charge in [-0.15, -0.1) is 0 Å². The second-order valence-corrected chi connectivity index (χ2v) is 6.89. The molecule has 0 aliphatic carbocycles. The first kappa shape index (κ1) is 24.3. The lowest BCUT2D eigenvalue weighted by atomic mass is 10.3. The van der Waals surface area contributed by atoms with Crippen LogP contribution in [-0.2, 0) is 0 Å². The Hall–Kier alpha value is -4.38. The lowest BCUT2D eigenvalue weighted by Crippen LogP contribution is -2.04. The molecule has 0 bridgehead atoms. The number of carboxylic acids is 2. The molecule has 0 aliphatic rings. The average molecular weight is 489 g/mol. The maximum absolute atomic E-state index is 13.5. The van der Waals surface area contributed by atoms with Crippen LogP contribution in [0.25, 0.3) is 11.4 Å². The molecule has 0 amide bonds. The standard InChI is InChI=1S/C11H9ClN2O3.C11H9FN2O3/c2*1-17-10-6-8(11(15)16)13-14(10)9-5-3-2-4-7(9)12/h2*2-6H,1H3,(H,15,16). The molecule has 0 unspecified atom stereocenters. The lowest BCUT2D eigenvalue weighted by Gasteiger charge is -2.06. The molecule has 4 rings (SSSR count). The van der Waals surface area contributed by atoms with Gasteiger partial charge in [0, 0.05) is 12.1 Å². The summed E-state index contributed by atoms with van der Waals surface area (Å²) in [5, 5.41) is 25.8. The number of aromatic nitrogens is 4. The molecular formula is C22H18ClFN4O6. The molecule has 12 heteroatoms. The minimum atomic E-state index is -1.20. The Morgan fingerprint density at radius 2 is 1.26 bits per heavy atom. The molecule has 0 saturated heterocycles. The van der Waals surface area contributed by atoms with Crippen LogP contribution in [0.15, 0.2) is 60.7 Å². The summed E-state index contributed by atoms with van der Waals surface area (Å²) in [6, 6.07) is 15.4. The Balaban J connectivity index is 0.000000191. The number of carbonyl (C=O) groups is 2. The molecule has 2 aromatic heterocycles. The van der Waals surface area contributed by atoms with E-state index in [0.29, 0.717) is 16.6 Å². The van der Waals surface area contributed by atoms with Crippen molar-refractivity contribution in [2.45, 2.75) is 0 Å². The van der Waals surface area contributed by atoms with E-state index < -0.39 is 17.8 Å². The fraction of sp³-hybridized carbons (Fsp3) is 0.0909. The Bertz CT molecular complexity index is 1230. The summed E-state index contributed by atoms with van der Waals surface area (Å²) in [5.74, 6) is -2.35. The minimum Gasteiger partial charge on any atom is -0.481 e. The lowest BCUT2D eigenvalue weighted by molar-refractivity contribution is 0.0679. The topological polar surface area (TPSA) is 129 Å². The number of carboxylic acid groups (broad SMARTS) is 2. The van der Waals surface area contributed by atoms with Gasteiger partial charge >= 0.3 is 11.9 Å². The van der Waals surface area contributed by atoms with E-state index in [9.17, 15) is 14.0 Å². The Labute approximate surface area is 197 Å². The first-order chi connectivity index (χ1) is 16.3. The number of hydrogen-bond acceptors (Lipinski definition) is 6. The van der Waals surface area contributed by atoms with Gasteiger partial charge in [-0.2, -0.15) is 19.6 Å². The number of methoxy groups -OCH3 is 2. The molecule has 4 aromatic rings. The third-order valence-corrected chi connectivity index (χ3v) is 4.69. The molecule has 2 aromatic carbocycles. The first-order valence-corrected chi connectivity index (χ1v) is 9.89. The van der Waals surface area contributed by atoms with Crippen molar-refractivity contribution in [3.63, 3.8) is 0 Å². The highest BCUT2D eigenvalue weighted by molar-refractivity contribution is 6.32. The number of para-hydroxylation sites is 2. The summed E-state index contributed by atoms with van der Waals surface area (Å²) >= 11 is 6.01. The largest absolute Gasteiger partial charge is 0.481 e. The molecule has 10 nitrogen and oxygen atoms in total. The molecule has 0 aliphatic heterocycles. The van der Waals surface area contributed by atoms with E-state index >= 15 is 0 Å². The van der Waals surface area contributed by atoms with Gasteiger partial charge in [-0.1, -0.05) is 35.9 Å². The van der Waals surface area contributed by atoms with Crippen LogP contribution in [-0.4, -0.2) is 55.9 Å². The van der Waals surface area contributed by atoms with E-state index in [4.69, 9.17) is 31.3 Å². The van der Waals surface area contributed by atoms with Crippen molar-refractivity contribution in [2.75, 3.05) is 14.2 Å². The van der Waals surface area contributed by atoms with Gasteiger partial charge in [-0.05, 0) is 24.3 Å². The number of nitrogens with zero attached hydrogens (tertiary/aromatic N) is 4. The Morgan fingerprint density at radius 1 is 0.824 bits per heavy atom. The number of ether oxygens (including phenoxy) is 2. The maximum atomic E-state index is 13.5. The quantitative estimate of drug-likeness (QED) is 0.417. The van der Waals surface area contributed by atoms with Crippen molar-refractivity contribution >= 4 is 23.5 Å². The fourth-order valence-electron chi connectivity index (χ4n) is 2.82. The summed E-state index contributed by atoms with van der Waals surface area (Å²) in [5.41, 5.74) is 0.405. The summed E-state index contributed by atoms with van der Waals surface area (Å²) < 4.78 is 26.0. The SMILES string of the molecule is COc1cc(C(=O)O)nn1-c1ccccc1Cl.COc1cc(C(=O)O)nn1-c1ccccc1F. The number of benzene rings is 2. The predicted molar refractivity (Wildman–Crippen MR) is 119 cm³/mol. The highest BCUT2D eigenvalue weighted by Gasteiger charge is 2.17. The monoisotopic (exact) mass is 488 g/mol. The Morgan fingerprint density at radius 3 is 1.71 bits per heavy atom. The van der Waals surface area contributed by atoms with Crippen LogP contribution in [0.5, 0.6) is 11.8 Å². The molecule has 34 heavy (non-hydrogen) atoms. The van der Waals surface area contributed by atoms with Gasteiger partial charge in [0.1, 0.15) is 11.5 Å². The van der Waals surface area contributed by atoms with Crippen LogP contribution >= 0.6 is 11.6 Å². The highest BCUT2D eigenvalue weighted by atomic mass is 35.5. The van der Waals surface area contributed by atoms with Crippen LogP contribution in [0.2, 0.25) is 5.02 Å². The van der Waals surface area contributed by atoms with Crippen LogP contribution in [0.4, 0.5) is 4.39 Å². The van der Waals surface area contributed by atoms with E-state index in [0.717, 1.165) is 4.68 Å².